The van der Waals surface area contributed by atoms with Crippen molar-refractivity contribution >= 4 is 23.5 Å². The maximum absolute atomic E-state index is 5.37. The number of nitrogens with one attached hydrogen (secondary N) is 1. The largest absolute Gasteiger partial charge is 0.454 e. The summed E-state index contributed by atoms with van der Waals surface area (Å²) in [6.07, 6.45) is 0. The molecule has 1 aromatic heterocycles. The van der Waals surface area contributed by atoms with Gasteiger partial charge in [0.2, 0.25) is 24.6 Å². The lowest BCUT2D eigenvalue weighted by Gasteiger charge is -2.16. The molecule has 0 saturated carbocycles. The average Bonchev–Trinajstić information content (AvgIpc) is 2.94. The Morgan fingerprint density at radius 2 is 1.55 bits per heavy atom. The quantitative estimate of drug-likeness (QED) is 0.910. The van der Waals surface area contributed by atoms with Gasteiger partial charge >= 0.3 is 0 Å². The highest BCUT2D eigenvalue weighted by molar-refractivity contribution is 5.61. The van der Waals surface area contributed by atoms with Crippen molar-refractivity contribution in [1.82, 2.24) is 15.0 Å². The molecule has 0 spiro atoms. The van der Waals surface area contributed by atoms with E-state index in [2.05, 4.69) is 20.3 Å². The Bertz CT molecular complexity index is 663. The molecule has 8 heteroatoms. The zero-order valence-corrected chi connectivity index (χ0v) is 13.0. The number of rotatable bonds is 4. The highest BCUT2D eigenvalue weighted by Gasteiger charge is 2.15. The molecule has 1 aliphatic heterocycles. The maximum Gasteiger partial charge on any atom is 0.233 e. The average molecular weight is 302 g/mol. The molecular weight excluding hydrogens is 284 g/mol. The number of nitrogens with zero attached hydrogens (tertiary/aromatic N) is 5. The van der Waals surface area contributed by atoms with Crippen LogP contribution in [-0.4, -0.2) is 49.9 Å². The molecule has 1 aliphatic rings. The SMILES string of the molecule is CN(C)c1nc(Nc2ccc3c(c2)OCO3)nc(N(C)C)n1. The lowest BCUT2D eigenvalue weighted by Crippen LogP contribution is -2.19. The van der Waals surface area contributed by atoms with Gasteiger partial charge < -0.3 is 24.6 Å². The highest BCUT2D eigenvalue weighted by Crippen LogP contribution is 2.34. The Kier molecular flexibility index (Phi) is 3.58. The zero-order chi connectivity index (χ0) is 15.7. The van der Waals surface area contributed by atoms with E-state index < -0.39 is 0 Å². The van der Waals surface area contributed by atoms with E-state index in [1.54, 1.807) is 0 Å². The molecule has 0 atom stereocenters. The summed E-state index contributed by atoms with van der Waals surface area (Å²) in [5.41, 5.74) is 0.824. The second-order valence-electron chi connectivity index (χ2n) is 5.24. The molecule has 22 heavy (non-hydrogen) atoms. The molecule has 0 bridgehead atoms. The Hall–Kier alpha value is -2.77. The summed E-state index contributed by atoms with van der Waals surface area (Å²) >= 11 is 0. The molecule has 0 radical (unpaired) electrons. The van der Waals surface area contributed by atoms with Crippen LogP contribution in [0.2, 0.25) is 0 Å². The van der Waals surface area contributed by atoms with Crippen molar-refractivity contribution < 1.29 is 9.47 Å². The van der Waals surface area contributed by atoms with E-state index in [0.717, 1.165) is 11.4 Å². The molecule has 0 unspecified atom stereocenters. The minimum absolute atomic E-state index is 0.250. The molecule has 1 aromatic carbocycles. The van der Waals surface area contributed by atoms with Crippen molar-refractivity contribution in [3.8, 4) is 11.5 Å². The van der Waals surface area contributed by atoms with E-state index in [1.807, 2.05) is 56.2 Å². The second-order valence-corrected chi connectivity index (χ2v) is 5.24. The van der Waals surface area contributed by atoms with Crippen LogP contribution < -0.4 is 24.6 Å². The topological polar surface area (TPSA) is 75.6 Å². The van der Waals surface area contributed by atoms with Crippen LogP contribution in [0.1, 0.15) is 0 Å². The summed E-state index contributed by atoms with van der Waals surface area (Å²) in [6, 6.07) is 5.60. The Morgan fingerprint density at radius 1 is 0.909 bits per heavy atom. The maximum atomic E-state index is 5.37. The minimum Gasteiger partial charge on any atom is -0.454 e. The van der Waals surface area contributed by atoms with Gasteiger partial charge in [0.1, 0.15) is 0 Å². The number of ether oxygens (including phenoxy) is 2. The normalized spacial score (nSPS) is 12.2. The van der Waals surface area contributed by atoms with Gasteiger partial charge in [-0.15, -0.1) is 0 Å². The molecule has 116 valence electrons. The van der Waals surface area contributed by atoms with E-state index in [9.17, 15) is 0 Å². The van der Waals surface area contributed by atoms with Crippen LogP contribution in [0.4, 0.5) is 23.5 Å². The summed E-state index contributed by atoms with van der Waals surface area (Å²) in [5, 5.41) is 3.17. The lowest BCUT2D eigenvalue weighted by molar-refractivity contribution is 0.174. The molecular formula is C14H18N6O2. The standard InChI is InChI=1S/C14H18N6O2/c1-19(2)13-16-12(17-14(18-13)20(3)4)15-9-5-6-10-11(7-9)22-8-21-10/h5-7H,8H2,1-4H3,(H,15,16,17,18). The van der Waals surface area contributed by atoms with Gasteiger partial charge in [0.25, 0.3) is 0 Å². The molecule has 2 heterocycles. The van der Waals surface area contributed by atoms with Crippen LogP contribution in [-0.2, 0) is 0 Å². The van der Waals surface area contributed by atoms with Crippen LogP contribution in [0.5, 0.6) is 11.5 Å². The fourth-order valence-corrected chi connectivity index (χ4v) is 1.91. The van der Waals surface area contributed by atoms with Gasteiger partial charge in [0, 0.05) is 39.9 Å². The third kappa shape index (κ3) is 2.80. The first kappa shape index (κ1) is 14.2. The van der Waals surface area contributed by atoms with Gasteiger partial charge in [-0.05, 0) is 12.1 Å². The molecule has 0 fully saturated rings. The van der Waals surface area contributed by atoms with Gasteiger partial charge in [-0.25, -0.2) is 0 Å². The zero-order valence-electron chi connectivity index (χ0n) is 13.0. The summed E-state index contributed by atoms with van der Waals surface area (Å²) in [5.74, 6) is 3.09. The van der Waals surface area contributed by atoms with Crippen LogP contribution in [0, 0.1) is 0 Å². The molecule has 2 aromatic rings. The van der Waals surface area contributed by atoms with E-state index in [1.165, 1.54) is 0 Å². The molecule has 0 saturated heterocycles. The van der Waals surface area contributed by atoms with Gasteiger partial charge in [-0.2, -0.15) is 15.0 Å². The highest BCUT2D eigenvalue weighted by atomic mass is 16.7. The van der Waals surface area contributed by atoms with Crippen molar-refractivity contribution in [2.75, 3.05) is 50.1 Å². The number of benzene rings is 1. The van der Waals surface area contributed by atoms with Crippen LogP contribution in [0.15, 0.2) is 18.2 Å². The van der Waals surface area contributed by atoms with Gasteiger partial charge in [0.15, 0.2) is 11.5 Å². The van der Waals surface area contributed by atoms with E-state index in [4.69, 9.17) is 9.47 Å². The lowest BCUT2D eigenvalue weighted by atomic mass is 10.3. The van der Waals surface area contributed by atoms with E-state index in [-0.39, 0.29) is 6.79 Å². The van der Waals surface area contributed by atoms with Gasteiger partial charge in [-0.3, -0.25) is 0 Å². The molecule has 3 rings (SSSR count). The third-order valence-electron chi connectivity index (χ3n) is 3.04. The van der Waals surface area contributed by atoms with Crippen molar-refractivity contribution in [2.24, 2.45) is 0 Å². The molecule has 0 amide bonds. The minimum atomic E-state index is 0.250. The Labute approximate surface area is 128 Å². The summed E-state index contributed by atoms with van der Waals surface area (Å²) < 4.78 is 10.7. The summed E-state index contributed by atoms with van der Waals surface area (Å²) in [7, 11) is 7.55. The Balaban J connectivity index is 1.91. The summed E-state index contributed by atoms with van der Waals surface area (Å²) in [4.78, 5) is 16.8. The predicted molar refractivity (Wildman–Crippen MR) is 84.3 cm³/mol. The number of hydrogen-bond donors (Lipinski definition) is 1. The number of anilines is 4. The molecule has 8 nitrogen and oxygen atoms in total. The van der Waals surface area contributed by atoms with Crippen LogP contribution in [0.3, 0.4) is 0 Å². The number of fused-ring (bicyclic) bond motifs is 1. The van der Waals surface area contributed by atoms with Crippen molar-refractivity contribution in [3.63, 3.8) is 0 Å². The Morgan fingerprint density at radius 3 is 2.18 bits per heavy atom. The van der Waals surface area contributed by atoms with Crippen molar-refractivity contribution in [2.45, 2.75) is 0 Å². The van der Waals surface area contributed by atoms with Gasteiger partial charge in [-0.1, -0.05) is 0 Å². The van der Waals surface area contributed by atoms with E-state index in [0.29, 0.717) is 23.6 Å². The predicted octanol–water partition coefficient (Wildman–Crippen LogP) is 1.48. The van der Waals surface area contributed by atoms with Crippen molar-refractivity contribution in [1.29, 1.82) is 0 Å². The van der Waals surface area contributed by atoms with Crippen molar-refractivity contribution in [3.05, 3.63) is 18.2 Å². The molecule has 1 N–H and O–H groups in total. The van der Waals surface area contributed by atoms with Crippen LogP contribution in [0.25, 0.3) is 0 Å². The first-order valence-corrected chi connectivity index (χ1v) is 6.80. The second kappa shape index (κ2) is 5.55. The smallest absolute Gasteiger partial charge is 0.233 e. The first-order chi connectivity index (χ1) is 10.5. The van der Waals surface area contributed by atoms with Crippen LogP contribution >= 0.6 is 0 Å². The number of hydrogen-bond acceptors (Lipinski definition) is 8. The fourth-order valence-electron chi connectivity index (χ4n) is 1.91. The number of aromatic nitrogens is 3. The first-order valence-electron chi connectivity index (χ1n) is 6.80. The fraction of sp³-hybridized carbons (Fsp3) is 0.357. The summed E-state index contributed by atoms with van der Waals surface area (Å²) in [6.45, 7) is 0.250. The van der Waals surface area contributed by atoms with E-state index >= 15 is 0 Å². The molecule has 0 aliphatic carbocycles. The monoisotopic (exact) mass is 302 g/mol. The van der Waals surface area contributed by atoms with Gasteiger partial charge in [0.05, 0.1) is 0 Å². The third-order valence-corrected chi connectivity index (χ3v) is 3.04.